The maximum Gasteiger partial charge on any atom is 0.323 e. The predicted octanol–water partition coefficient (Wildman–Crippen LogP) is 4.54. The van der Waals surface area contributed by atoms with Gasteiger partial charge in [0.05, 0.1) is 14.2 Å². The summed E-state index contributed by atoms with van der Waals surface area (Å²) in [6.07, 6.45) is 1.56. The third kappa shape index (κ3) is 5.44. The van der Waals surface area contributed by atoms with Gasteiger partial charge in [0.1, 0.15) is 11.5 Å². The number of methoxy groups -OCH3 is 3. The second-order valence-corrected chi connectivity index (χ2v) is 7.20. The van der Waals surface area contributed by atoms with Crippen LogP contribution in [0.15, 0.2) is 53.1 Å². The van der Waals surface area contributed by atoms with Crippen LogP contribution in [0, 0.1) is 0 Å². The highest BCUT2D eigenvalue weighted by molar-refractivity contribution is 5.97. The van der Waals surface area contributed by atoms with E-state index in [2.05, 4.69) is 10.1 Å². The molecule has 31 heavy (non-hydrogen) atoms. The number of anilines is 1. The molecule has 0 unspecified atom stereocenters. The van der Waals surface area contributed by atoms with Gasteiger partial charge in [0.25, 0.3) is 0 Å². The van der Waals surface area contributed by atoms with Crippen LogP contribution < -0.4 is 14.4 Å². The van der Waals surface area contributed by atoms with Crippen molar-refractivity contribution in [3.05, 3.63) is 65.5 Å². The molecule has 0 aliphatic carbocycles. The summed E-state index contributed by atoms with van der Waals surface area (Å²) in [5.74, 6) is 2.17. The summed E-state index contributed by atoms with van der Waals surface area (Å²) in [4.78, 5) is 6.42. The Labute approximate surface area is 183 Å². The second kappa shape index (κ2) is 10.6. The maximum absolute atomic E-state index is 5.47. The molecule has 0 saturated carbocycles. The standard InChI is InChI=1S/C24H29N3O4/c1-27(2)24-25-23(26-31-24)21(7-6-16-28-3)22(17-8-12-19(29-4)13-9-17)18-10-14-20(30-5)15-11-18/h8-15H,6-7,16H2,1-5H3. The van der Waals surface area contributed by atoms with Crippen LogP contribution in [0.4, 0.5) is 6.01 Å². The van der Waals surface area contributed by atoms with Crippen molar-refractivity contribution >= 4 is 17.2 Å². The lowest BCUT2D eigenvalue weighted by Gasteiger charge is -2.15. The summed E-state index contributed by atoms with van der Waals surface area (Å²) in [5.41, 5.74) is 4.10. The monoisotopic (exact) mass is 423 g/mol. The molecule has 2 aromatic carbocycles. The number of hydrogen-bond donors (Lipinski definition) is 0. The fraction of sp³-hybridized carbons (Fsp3) is 0.333. The molecule has 0 spiro atoms. The van der Waals surface area contributed by atoms with Crippen LogP contribution in [0.5, 0.6) is 11.5 Å². The minimum absolute atomic E-state index is 0.461. The van der Waals surface area contributed by atoms with E-state index in [0.717, 1.165) is 46.6 Å². The Kier molecular flexibility index (Phi) is 7.67. The van der Waals surface area contributed by atoms with Gasteiger partial charge in [-0.15, -0.1) is 0 Å². The first-order chi connectivity index (χ1) is 15.1. The van der Waals surface area contributed by atoms with Gasteiger partial charge in [-0.1, -0.05) is 29.4 Å². The average Bonchev–Trinajstić information content (AvgIpc) is 3.30. The van der Waals surface area contributed by atoms with Crippen LogP contribution >= 0.6 is 0 Å². The Hall–Kier alpha value is -3.32. The van der Waals surface area contributed by atoms with E-state index < -0.39 is 0 Å². The van der Waals surface area contributed by atoms with Crippen LogP contribution in [0.3, 0.4) is 0 Å². The van der Waals surface area contributed by atoms with Gasteiger partial charge in [0.15, 0.2) is 0 Å². The molecule has 0 amide bonds. The van der Waals surface area contributed by atoms with Gasteiger partial charge in [-0.3, -0.25) is 0 Å². The summed E-state index contributed by atoms with van der Waals surface area (Å²) >= 11 is 0. The highest BCUT2D eigenvalue weighted by Crippen LogP contribution is 2.36. The van der Waals surface area contributed by atoms with E-state index in [4.69, 9.17) is 18.7 Å². The smallest absolute Gasteiger partial charge is 0.323 e. The molecule has 3 aromatic rings. The van der Waals surface area contributed by atoms with E-state index in [0.29, 0.717) is 18.4 Å². The van der Waals surface area contributed by atoms with E-state index in [9.17, 15) is 0 Å². The minimum atomic E-state index is 0.461. The van der Waals surface area contributed by atoms with Crippen molar-refractivity contribution in [1.82, 2.24) is 10.1 Å². The molecular weight excluding hydrogens is 394 g/mol. The number of hydrogen-bond acceptors (Lipinski definition) is 7. The van der Waals surface area contributed by atoms with E-state index in [-0.39, 0.29) is 0 Å². The lowest BCUT2D eigenvalue weighted by atomic mass is 9.90. The molecular formula is C24H29N3O4. The quantitative estimate of drug-likeness (QED) is 0.444. The van der Waals surface area contributed by atoms with Gasteiger partial charge >= 0.3 is 6.01 Å². The van der Waals surface area contributed by atoms with Crippen molar-refractivity contribution in [2.75, 3.05) is 46.9 Å². The molecule has 3 rings (SSSR count). The SMILES string of the molecule is COCCCC(=C(c1ccc(OC)cc1)c1ccc(OC)cc1)c1noc(N(C)C)n1. The summed E-state index contributed by atoms with van der Waals surface area (Å²) in [6, 6.07) is 16.4. The lowest BCUT2D eigenvalue weighted by molar-refractivity contribution is 0.196. The van der Waals surface area contributed by atoms with Crippen molar-refractivity contribution in [1.29, 1.82) is 0 Å². The number of allylic oxidation sites excluding steroid dienone is 1. The fourth-order valence-corrected chi connectivity index (χ4v) is 3.29. The molecule has 0 atom stereocenters. The molecule has 0 radical (unpaired) electrons. The van der Waals surface area contributed by atoms with Crippen molar-refractivity contribution < 1.29 is 18.7 Å². The molecule has 0 aliphatic rings. The highest BCUT2D eigenvalue weighted by atomic mass is 16.5. The van der Waals surface area contributed by atoms with E-state index >= 15 is 0 Å². The van der Waals surface area contributed by atoms with E-state index in [1.807, 2.05) is 62.6 Å². The number of aromatic nitrogens is 2. The van der Waals surface area contributed by atoms with E-state index in [1.54, 1.807) is 26.2 Å². The van der Waals surface area contributed by atoms with Crippen molar-refractivity contribution in [2.45, 2.75) is 12.8 Å². The number of ether oxygens (including phenoxy) is 3. The Morgan fingerprint density at radius 2 is 1.42 bits per heavy atom. The first-order valence-electron chi connectivity index (χ1n) is 10.1. The Balaban J connectivity index is 2.20. The average molecular weight is 424 g/mol. The maximum atomic E-state index is 5.47. The molecule has 0 aliphatic heterocycles. The van der Waals surface area contributed by atoms with E-state index in [1.165, 1.54) is 0 Å². The zero-order valence-electron chi connectivity index (χ0n) is 18.7. The second-order valence-electron chi connectivity index (χ2n) is 7.20. The largest absolute Gasteiger partial charge is 0.497 e. The predicted molar refractivity (Wildman–Crippen MR) is 122 cm³/mol. The molecule has 7 nitrogen and oxygen atoms in total. The van der Waals surface area contributed by atoms with Gasteiger partial charge in [0.2, 0.25) is 5.82 Å². The van der Waals surface area contributed by atoms with Crippen LogP contribution in [0.1, 0.15) is 29.8 Å². The minimum Gasteiger partial charge on any atom is -0.497 e. The van der Waals surface area contributed by atoms with Crippen LogP contribution in [0.25, 0.3) is 11.1 Å². The summed E-state index contributed by atoms with van der Waals surface area (Å²) < 4.78 is 21.5. The first kappa shape index (κ1) is 22.4. The zero-order chi connectivity index (χ0) is 22.2. The Morgan fingerprint density at radius 3 is 1.84 bits per heavy atom. The Morgan fingerprint density at radius 1 is 0.871 bits per heavy atom. The van der Waals surface area contributed by atoms with Crippen molar-refractivity contribution in [3.63, 3.8) is 0 Å². The molecule has 164 valence electrons. The van der Waals surface area contributed by atoms with Crippen LogP contribution in [-0.4, -0.2) is 52.2 Å². The van der Waals surface area contributed by atoms with Gasteiger partial charge in [-0.05, 0) is 53.8 Å². The third-order valence-electron chi connectivity index (χ3n) is 4.90. The van der Waals surface area contributed by atoms with Gasteiger partial charge in [-0.2, -0.15) is 4.98 Å². The third-order valence-corrected chi connectivity index (χ3v) is 4.90. The topological polar surface area (TPSA) is 69.8 Å². The van der Waals surface area contributed by atoms with Crippen LogP contribution in [-0.2, 0) is 4.74 Å². The summed E-state index contributed by atoms with van der Waals surface area (Å²) in [6.45, 7) is 0.639. The molecule has 0 fully saturated rings. The van der Waals surface area contributed by atoms with Crippen LogP contribution in [0.2, 0.25) is 0 Å². The fourth-order valence-electron chi connectivity index (χ4n) is 3.29. The van der Waals surface area contributed by atoms with Gasteiger partial charge in [-0.25, -0.2) is 0 Å². The number of benzene rings is 2. The lowest BCUT2D eigenvalue weighted by Crippen LogP contribution is -2.09. The first-order valence-corrected chi connectivity index (χ1v) is 10.1. The Bertz CT molecular complexity index is 943. The molecule has 1 aromatic heterocycles. The van der Waals surface area contributed by atoms with Crippen molar-refractivity contribution in [3.8, 4) is 11.5 Å². The number of nitrogens with zero attached hydrogens (tertiary/aromatic N) is 3. The molecule has 0 saturated heterocycles. The molecule has 0 N–H and O–H groups in total. The highest BCUT2D eigenvalue weighted by Gasteiger charge is 2.20. The number of rotatable bonds is 10. The normalized spacial score (nSPS) is 10.6. The summed E-state index contributed by atoms with van der Waals surface area (Å²) in [5, 5.41) is 4.28. The van der Waals surface area contributed by atoms with Crippen molar-refractivity contribution in [2.24, 2.45) is 0 Å². The van der Waals surface area contributed by atoms with Gasteiger partial charge < -0.3 is 23.6 Å². The zero-order valence-corrected chi connectivity index (χ0v) is 18.7. The molecule has 0 bridgehead atoms. The molecule has 7 heteroatoms. The summed E-state index contributed by atoms with van der Waals surface area (Å²) in [7, 11) is 8.77. The molecule has 1 heterocycles. The van der Waals surface area contributed by atoms with Gasteiger partial charge in [0, 0.05) is 33.4 Å².